The summed E-state index contributed by atoms with van der Waals surface area (Å²) in [6.45, 7) is 6.43. The highest BCUT2D eigenvalue weighted by atomic mass is 32.2. The van der Waals surface area contributed by atoms with Crippen molar-refractivity contribution in [2.75, 3.05) is 44.0 Å². The van der Waals surface area contributed by atoms with Crippen molar-refractivity contribution in [3.63, 3.8) is 0 Å². The second-order valence-electron chi connectivity index (χ2n) is 10.9. The SMILES string of the molecule is N#Cc1cc(S(=O)(=O)Nc2ncns2)ccc1Oc1ccc(-c2ccccc2)cc1-c1cccc(CN2CCN(CCN)CC2)c1. The second kappa shape index (κ2) is 14.2. The Morgan fingerprint density at radius 2 is 1.63 bits per heavy atom. The van der Waals surface area contributed by atoms with Crippen LogP contribution in [0, 0.1) is 11.3 Å². The van der Waals surface area contributed by atoms with Gasteiger partial charge in [0, 0.05) is 62.9 Å². The first kappa shape index (κ1) is 31.3. The molecule has 46 heavy (non-hydrogen) atoms. The zero-order chi connectivity index (χ0) is 31.9. The molecule has 1 aliphatic heterocycles. The molecule has 10 nitrogen and oxygen atoms in total. The first-order valence-electron chi connectivity index (χ1n) is 14.9. The second-order valence-corrected chi connectivity index (χ2v) is 13.4. The van der Waals surface area contributed by atoms with Crippen molar-refractivity contribution in [2.45, 2.75) is 11.4 Å². The minimum Gasteiger partial charge on any atom is -0.455 e. The first-order valence-corrected chi connectivity index (χ1v) is 17.1. The molecule has 0 unspecified atom stereocenters. The van der Waals surface area contributed by atoms with E-state index >= 15 is 0 Å². The maximum Gasteiger partial charge on any atom is 0.263 e. The first-order chi connectivity index (χ1) is 22.4. The normalized spacial score (nSPS) is 14.1. The topological polar surface area (TPSA) is 137 Å². The van der Waals surface area contributed by atoms with E-state index in [-0.39, 0.29) is 21.3 Å². The zero-order valence-corrected chi connectivity index (χ0v) is 26.7. The molecule has 0 spiro atoms. The summed E-state index contributed by atoms with van der Waals surface area (Å²) >= 11 is 0.921. The monoisotopic (exact) mass is 651 g/mol. The maximum atomic E-state index is 12.9. The van der Waals surface area contributed by atoms with Crippen molar-refractivity contribution in [2.24, 2.45) is 5.73 Å². The molecular weight excluding hydrogens is 619 g/mol. The largest absolute Gasteiger partial charge is 0.455 e. The predicted molar refractivity (Wildman–Crippen MR) is 180 cm³/mol. The molecule has 1 fully saturated rings. The van der Waals surface area contributed by atoms with Gasteiger partial charge >= 0.3 is 0 Å². The van der Waals surface area contributed by atoms with Crippen molar-refractivity contribution >= 4 is 26.7 Å². The average Bonchev–Trinajstić information content (AvgIpc) is 3.59. The molecule has 1 aromatic heterocycles. The van der Waals surface area contributed by atoms with E-state index in [1.807, 2.05) is 30.3 Å². The van der Waals surface area contributed by atoms with Gasteiger partial charge in [-0.05, 0) is 58.7 Å². The van der Waals surface area contributed by atoms with Gasteiger partial charge in [0.2, 0.25) is 5.13 Å². The predicted octanol–water partition coefficient (Wildman–Crippen LogP) is 5.41. The summed E-state index contributed by atoms with van der Waals surface area (Å²) < 4.78 is 38.5. The van der Waals surface area contributed by atoms with Crippen LogP contribution < -0.4 is 15.2 Å². The van der Waals surface area contributed by atoms with Crippen LogP contribution in [-0.2, 0) is 16.6 Å². The Morgan fingerprint density at radius 3 is 2.37 bits per heavy atom. The van der Waals surface area contributed by atoms with Gasteiger partial charge in [-0.2, -0.15) is 9.64 Å². The Morgan fingerprint density at radius 1 is 0.870 bits per heavy atom. The minimum absolute atomic E-state index is 0.0807. The number of nitrogens with zero attached hydrogens (tertiary/aromatic N) is 5. The number of benzene rings is 4. The number of nitriles is 1. The molecule has 0 radical (unpaired) electrons. The van der Waals surface area contributed by atoms with Crippen LogP contribution in [0.25, 0.3) is 22.3 Å². The number of hydrogen-bond donors (Lipinski definition) is 2. The van der Waals surface area contributed by atoms with Crippen LogP contribution in [0.15, 0.2) is 102 Å². The number of piperazine rings is 1. The zero-order valence-electron chi connectivity index (χ0n) is 25.0. The molecule has 1 aliphatic rings. The highest BCUT2D eigenvalue weighted by molar-refractivity contribution is 7.93. The molecule has 3 N–H and O–H groups in total. The smallest absolute Gasteiger partial charge is 0.263 e. The van der Waals surface area contributed by atoms with Crippen molar-refractivity contribution in [3.05, 3.63) is 108 Å². The van der Waals surface area contributed by atoms with Crippen molar-refractivity contribution in [1.82, 2.24) is 19.2 Å². The van der Waals surface area contributed by atoms with Crippen LogP contribution in [0.3, 0.4) is 0 Å². The van der Waals surface area contributed by atoms with Crippen LogP contribution in [0.1, 0.15) is 11.1 Å². The van der Waals surface area contributed by atoms with Gasteiger partial charge < -0.3 is 10.5 Å². The van der Waals surface area contributed by atoms with E-state index < -0.39 is 10.0 Å². The lowest BCUT2D eigenvalue weighted by molar-refractivity contribution is 0.130. The van der Waals surface area contributed by atoms with Gasteiger partial charge in [-0.3, -0.25) is 14.5 Å². The Labute approximate surface area is 272 Å². The molecule has 12 heteroatoms. The number of aromatic nitrogens is 2. The fraction of sp³-hybridized carbons (Fsp3) is 0.206. The van der Waals surface area contributed by atoms with Crippen LogP contribution in [0.5, 0.6) is 11.5 Å². The summed E-state index contributed by atoms with van der Waals surface area (Å²) in [4.78, 5) is 8.65. The number of nitrogens with one attached hydrogen (secondary N) is 1. The maximum absolute atomic E-state index is 12.9. The molecule has 5 aromatic rings. The summed E-state index contributed by atoms with van der Waals surface area (Å²) in [5, 5.41) is 10.1. The van der Waals surface area contributed by atoms with Gasteiger partial charge in [0.15, 0.2) is 0 Å². The molecule has 0 bridgehead atoms. The van der Waals surface area contributed by atoms with Crippen molar-refractivity contribution in [1.29, 1.82) is 5.26 Å². The van der Waals surface area contributed by atoms with E-state index in [2.05, 4.69) is 72.4 Å². The van der Waals surface area contributed by atoms with Crippen LogP contribution in [0.4, 0.5) is 5.13 Å². The lowest BCUT2D eigenvalue weighted by Gasteiger charge is -2.34. The van der Waals surface area contributed by atoms with Crippen LogP contribution in [0.2, 0.25) is 0 Å². The molecule has 0 saturated carbocycles. The molecule has 1 saturated heterocycles. The Kier molecular flexibility index (Phi) is 9.68. The molecule has 6 rings (SSSR count). The minimum atomic E-state index is -3.98. The van der Waals surface area contributed by atoms with Gasteiger partial charge in [-0.25, -0.2) is 13.4 Å². The van der Waals surface area contributed by atoms with Crippen LogP contribution >= 0.6 is 11.5 Å². The molecule has 234 valence electrons. The van der Waals surface area contributed by atoms with E-state index in [9.17, 15) is 13.7 Å². The highest BCUT2D eigenvalue weighted by Crippen LogP contribution is 2.38. The number of nitrogens with two attached hydrogens (primary N) is 1. The molecule has 0 aliphatic carbocycles. The average molecular weight is 652 g/mol. The van der Waals surface area contributed by atoms with E-state index in [1.54, 1.807) is 0 Å². The van der Waals surface area contributed by atoms with Crippen molar-refractivity contribution < 1.29 is 13.2 Å². The summed E-state index contributed by atoms with van der Waals surface area (Å²) in [6, 6.07) is 30.8. The fourth-order valence-electron chi connectivity index (χ4n) is 5.47. The number of ether oxygens (including phenoxy) is 1. The van der Waals surface area contributed by atoms with Crippen molar-refractivity contribution in [3.8, 4) is 39.8 Å². The van der Waals surface area contributed by atoms with Gasteiger partial charge in [0.1, 0.15) is 23.9 Å². The van der Waals surface area contributed by atoms with Gasteiger partial charge in [0.25, 0.3) is 10.0 Å². The van der Waals surface area contributed by atoms with Gasteiger partial charge in [0.05, 0.1) is 10.5 Å². The van der Waals surface area contributed by atoms with Gasteiger partial charge in [-0.1, -0.05) is 54.6 Å². The molecule has 0 atom stereocenters. The summed E-state index contributed by atoms with van der Waals surface area (Å²) in [5.74, 6) is 0.795. The third-order valence-corrected chi connectivity index (χ3v) is 9.87. The lowest BCUT2D eigenvalue weighted by Crippen LogP contribution is -2.47. The third kappa shape index (κ3) is 7.42. The fourth-order valence-corrected chi connectivity index (χ4v) is 7.15. The molecule has 0 amide bonds. The Bertz CT molecular complexity index is 1940. The van der Waals surface area contributed by atoms with E-state index in [1.165, 1.54) is 30.1 Å². The number of rotatable bonds is 11. The van der Waals surface area contributed by atoms with E-state index in [4.69, 9.17) is 10.5 Å². The Balaban J connectivity index is 1.31. The molecule has 2 heterocycles. The number of sulfonamides is 1. The highest BCUT2D eigenvalue weighted by Gasteiger charge is 2.20. The summed E-state index contributed by atoms with van der Waals surface area (Å²) in [6.07, 6.45) is 1.27. The lowest BCUT2D eigenvalue weighted by atomic mass is 9.97. The number of hydrogen-bond acceptors (Lipinski definition) is 10. The molecule has 4 aromatic carbocycles. The van der Waals surface area contributed by atoms with Crippen LogP contribution in [-0.4, -0.2) is 66.8 Å². The van der Waals surface area contributed by atoms with Gasteiger partial charge in [-0.15, -0.1) is 0 Å². The Hall–Kier alpha value is -4.64. The molecular formula is C34H33N7O3S2. The summed E-state index contributed by atoms with van der Waals surface area (Å²) in [7, 11) is -3.98. The van der Waals surface area contributed by atoms with E-state index in [0.717, 1.165) is 73.1 Å². The summed E-state index contributed by atoms with van der Waals surface area (Å²) in [5.41, 5.74) is 10.9. The standard InChI is InChI=1S/C34H33N7O3S2/c35-13-14-40-15-17-41(18-16-40)23-25-5-4-8-28(19-25)31-21-27(26-6-2-1-3-7-26)9-11-33(31)44-32-12-10-30(20-29(32)22-36)46(42,43)39-34-37-24-38-45-34/h1-12,19-21,24H,13-18,23,35H2,(H,37,38,39). The third-order valence-electron chi connectivity index (χ3n) is 7.83. The number of anilines is 1. The quantitative estimate of drug-likeness (QED) is 0.192. The van der Waals surface area contributed by atoms with E-state index in [0.29, 0.717) is 12.3 Å².